The third-order valence-corrected chi connectivity index (χ3v) is 5.95. The second-order valence-electron chi connectivity index (χ2n) is 8.52. The molecule has 0 saturated heterocycles. The van der Waals surface area contributed by atoms with Crippen LogP contribution in [0.15, 0.2) is 54.6 Å². The van der Waals surface area contributed by atoms with Crippen LogP contribution in [0.5, 0.6) is 5.75 Å². The first-order valence-electron chi connectivity index (χ1n) is 9.57. The summed E-state index contributed by atoms with van der Waals surface area (Å²) in [6, 6.07) is 15.8. The van der Waals surface area contributed by atoms with Crippen molar-refractivity contribution in [1.82, 2.24) is 0 Å². The summed E-state index contributed by atoms with van der Waals surface area (Å²) in [7, 11) is -2.20. The Hall–Kier alpha value is -2.74. The highest BCUT2D eigenvalue weighted by atomic mass is 32.2. The van der Waals surface area contributed by atoms with E-state index in [2.05, 4.69) is 4.18 Å². The number of hydrogen-bond donors (Lipinski definition) is 0. The van der Waals surface area contributed by atoms with Crippen LogP contribution < -0.4 is 9.08 Å². The van der Waals surface area contributed by atoms with Crippen molar-refractivity contribution in [3.63, 3.8) is 0 Å². The standard InChI is InChI=1S/C23H24F3NO3S/c1-22(2,3)16-11-13-20(30-31(28,29)23(24,25)26)18(14-16)21-17-9-7-6-8-15(17)10-12-19(21)27(4)5/h6-14H,1-5H3. The summed E-state index contributed by atoms with van der Waals surface area (Å²) < 4.78 is 67.4. The van der Waals surface area contributed by atoms with E-state index in [1.807, 2.05) is 76.2 Å². The van der Waals surface area contributed by atoms with E-state index < -0.39 is 15.6 Å². The van der Waals surface area contributed by atoms with Crippen LogP contribution in [0.3, 0.4) is 0 Å². The van der Waals surface area contributed by atoms with Crippen LogP contribution in [0.1, 0.15) is 26.3 Å². The summed E-state index contributed by atoms with van der Waals surface area (Å²) >= 11 is 0. The molecule has 0 amide bonds. The van der Waals surface area contributed by atoms with E-state index in [0.29, 0.717) is 5.56 Å². The number of rotatable bonds is 4. The second-order valence-corrected chi connectivity index (χ2v) is 10.1. The van der Waals surface area contributed by atoms with Gasteiger partial charge in [-0.1, -0.05) is 57.2 Å². The van der Waals surface area contributed by atoms with Crippen molar-refractivity contribution in [2.24, 2.45) is 0 Å². The van der Waals surface area contributed by atoms with Crippen LogP contribution in [0.25, 0.3) is 21.9 Å². The van der Waals surface area contributed by atoms with E-state index in [9.17, 15) is 21.6 Å². The number of hydrogen-bond acceptors (Lipinski definition) is 4. The quantitative estimate of drug-likeness (QED) is 0.355. The highest BCUT2D eigenvalue weighted by Gasteiger charge is 2.49. The Morgan fingerprint density at radius 1 is 0.903 bits per heavy atom. The van der Waals surface area contributed by atoms with Gasteiger partial charge in [-0.2, -0.15) is 21.6 Å². The summed E-state index contributed by atoms with van der Waals surface area (Å²) in [5.41, 5.74) is -3.42. The van der Waals surface area contributed by atoms with Gasteiger partial charge in [0.25, 0.3) is 0 Å². The van der Waals surface area contributed by atoms with E-state index in [0.717, 1.165) is 22.0 Å². The first-order valence-corrected chi connectivity index (χ1v) is 11.0. The Balaban J connectivity index is 2.40. The maximum absolute atomic E-state index is 13.1. The molecule has 8 heteroatoms. The maximum atomic E-state index is 13.1. The lowest BCUT2D eigenvalue weighted by atomic mass is 9.84. The third kappa shape index (κ3) is 4.49. The molecule has 3 aromatic carbocycles. The number of anilines is 1. The van der Waals surface area contributed by atoms with Gasteiger partial charge in [0, 0.05) is 30.9 Å². The average molecular weight is 452 g/mol. The van der Waals surface area contributed by atoms with Gasteiger partial charge in [0.1, 0.15) is 0 Å². The number of nitrogens with zero attached hydrogens (tertiary/aromatic N) is 1. The lowest BCUT2D eigenvalue weighted by molar-refractivity contribution is -0.0499. The molecule has 0 atom stereocenters. The van der Waals surface area contributed by atoms with Crippen molar-refractivity contribution >= 4 is 26.6 Å². The molecule has 0 aromatic heterocycles. The smallest absolute Gasteiger partial charge is 0.377 e. The first kappa shape index (κ1) is 22.9. The summed E-state index contributed by atoms with van der Waals surface area (Å²) in [4.78, 5) is 1.83. The number of benzene rings is 3. The summed E-state index contributed by atoms with van der Waals surface area (Å²) in [5.74, 6) is -0.371. The van der Waals surface area contributed by atoms with Crippen LogP contribution in [0.4, 0.5) is 18.9 Å². The molecule has 0 aliphatic rings. The molecule has 0 radical (unpaired) electrons. The molecule has 3 rings (SSSR count). The normalized spacial score (nSPS) is 12.8. The van der Waals surface area contributed by atoms with E-state index in [-0.39, 0.29) is 16.7 Å². The van der Waals surface area contributed by atoms with Gasteiger partial charge in [-0.3, -0.25) is 0 Å². The van der Waals surface area contributed by atoms with Gasteiger partial charge in [-0.15, -0.1) is 0 Å². The predicted molar refractivity (Wildman–Crippen MR) is 118 cm³/mol. The van der Waals surface area contributed by atoms with Gasteiger partial charge < -0.3 is 9.08 Å². The monoisotopic (exact) mass is 451 g/mol. The first-order chi connectivity index (χ1) is 14.2. The zero-order valence-corrected chi connectivity index (χ0v) is 18.7. The predicted octanol–water partition coefficient (Wildman–Crippen LogP) is 6.10. The third-order valence-electron chi connectivity index (χ3n) is 4.99. The largest absolute Gasteiger partial charge is 0.534 e. The highest BCUT2D eigenvalue weighted by molar-refractivity contribution is 7.88. The molecule has 0 aliphatic carbocycles. The SMILES string of the molecule is CN(C)c1ccc2ccccc2c1-c1cc(C(C)(C)C)ccc1OS(=O)(=O)C(F)(F)F. The molecule has 0 N–H and O–H groups in total. The lowest BCUT2D eigenvalue weighted by Gasteiger charge is -2.25. The lowest BCUT2D eigenvalue weighted by Crippen LogP contribution is -2.28. The van der Waals surface area contributed by atoms with Gasteiger partial charge in [-0.25, -0.2) is 0 Å². The zero-order valence-electron chi connectivity index (χ0n) is 17.9. The van der Waals surface area contributed by atoms with Crippen molar-refractivity contribution < 1.29 is 25.8 Å². The van der Waals surface area contributed by atoms with Gasteiger partial charge in [0.15, 0.2) is 5.75 Å². The molecule has 0 heterocycles. The topological polar surface area (TPSA) is 46.6 Å². The summed E-state index contributed by atoms with van der Waals surface area (Å²) in [6.45, 7) is 5.90. The fourth-order valence-electron chi connectivity index (χ4n) is 3.35. The Morgan fingerprint density at radius 2 is 1.55 bits per heavy atom. The minimum Gasteiger partial charge on any atom is -0.377 e. The molecule has 31 heavy (non-hydrogen) atoms. The molecule has 0 bridgehead atoms. The van der Waals surface area contributed by atoms with Gasteiger partial charge >= 0.3 is 15.6 Å². The molecule has 0 spiro atoms. The van der Waals surface area contributed by atoms with Crippen LogP contribution in [-0.2, 0) is 15.5 Å². The van der Waals surface area contributed by atoms with Gasteiger partial charge in [0.05, 0.1) is 0 Å². The van der Waals surface area contributed by atoms with Crippen LogP contribution in [-0.4, -0.2) is 28.0 Å². The Labute approximate surface area is 180 Å². The molecule has 166 valence electrons. The van der Waals surface area contributed by atoms with E-state index >= 15 is 0 Å². The van der Waals surface area contributed by atoms with Gasteiger partial charge in [-0.05, 0) is 39.9 Å². The van der Waals surface area contributed by atoms with Gasteiger partial charge in [0.2, 0.25) is 0 Å². The number of halogens is 3. The van der Waals surface area contributed by atoms with Crippen molar-refractivity contribution in [3.8, 4) is 16.9 Å². The molecule has 0 saturated carbocycles. The minimum absolute atomic E-state index is 0.278. The highest BCUT2D eigenvalue weighted by Crippen LogP contribution is 2.44. The summed E-state index contributed by atoms with van der Waals surface area (Å²) in [5, 5.41) is 1.64. The minimum atomic E-state index is -5.83. The van der Waals surface area contributed by atoms with Crippen molar-refractivity contribution in [3.05, 3.63) is 60.2 Å². The number of alkyl halides is 3. The molecular formula is C23H24F3NO3S. The fourth-order valence-corrected chi connectivity index (χ4v) is 3.82. The Morgan fingerprint density at radius 3 is 2.13 bits per heavy atom. The average Bonchev–Trinajstić information content (AvgIpc) is 2.65. The molecule has 3 aromatic rings. The summed E-state index contributed by atoms with van der Waals surface area (Å²) in [6.07, 6.45) is 0. The van der Waals surface area contributed by atoms with Crippen LogP contribution in [0.2, 0.25) is 0 Å². The molecule has 0 unspecified atom stereocenters. The van der Waals surface area contributed by atoms with E-state index in [1.165, 1.54) is 6.07 Å². The Bertz CT molecular complexity index is 1230. The zero-order chi connectivity index (χ0) is 23.2. The van der Waals surface area contributed by atoms with Crippen molar-refractivity contribution in [2.45, 2.75) is 31.7 Å². The van der Waals surface area contributed by atoms with Crippen LogP contribution >= 0.6 is 0 Å². The van der Waals surface area contributed by atoms with Crippen molar-refractivity contribution in [2.75, 3.05) is 19.0 Å². The molecular weight excluding hydrogens is 427 g/mol. The maximum Gasteiger partial charge on any atom is 0.534 e. The fraction of sp³-hybridized carbons (Fsp3) is 0.304. The van der Waals surface area contributed by atoms with E-state index in [4.69, 9.17) is 0 Å². The van der Waals surface area contributed by atoms with Crippen LogP contribution in [0, 0.1) is 0 Å². The number of fused-ring (bicyclic) bond motifs is 1. The molecule has 0 aliphatic heterocycles. The molecule has 0 fully saturated rings. The van der Waals surface area contributed by atoms with Crippen molar-refractivity contribution in [1.29, 1.82) is 0 Å². The van der Waals surface area contributed by atoms with E-state index in [1.54, 1.807) is 12.1 Å². The second kappa shape index (κ2) is 7.75. The Kier molecular flexibility index (Phi) is 5.73. The molecule has 4 nitrogen and oxygen atoms in total.